The van der Waals surface area contributed by atoms with Crippen LogP contribution in [0.2, 0.25) is 0 Å². The van der Waals surface area contributed by atoms with Crippen molar-refractivity contribution in [1.82, 2.24) is 4.90 Å². The molecule has 1 saturated heterocycles. The molecule has 1 N–H and O–H groups in total. The largest absolute Gasteiger partial charge is 0.494 e. The normalized spacial score (nSPS) is 24.4. The van der Waals surface area contributed by atoms with Crippen LogP contribution in [-0.4, -0.2) is 35.0 Å². The quantitative estimate of drug-likeness (QED) is 0.382. The van der Waals surface area contributed by atoms with E-state index in [1.807, 2.05) is 93.4 Å². The van der Waals surface area contributed by atoms with E-state index in [9.17, 15) is 14.4 Å². The van der Waals surface area contributed by atoms with E-state index in [0.717, 1.165) is 23.1 Å². The zero-order valence-electron chi connectivity index (χ0n) is 23.3. The first kappa shape index (κ1) is 26.1. The van der Waals surface area contributed by atoms with Crippen molar-refractivity contribution >= 4 is 29.2 Å². The van der Waals surface area contributed by atoms with Crippen molar-refractivity contribution in [3.63, 3.8) is 0 Å². The minimum atomic E-state index is -1.31. The minimum Gasteiger partial charge on any atom is -0.494 e. The average Bonchev–Trinajstić information content (AvgIpc) is 3.43. The third-order valence-corrected chi connectivity index (χ3v) is 8.47. The molecule has 3 aromatic carbocycles. The molecule has 1 spiro atoms. The van der Waals surface area contributed by atoms with Gasteiger partial charge in [-0.05, 0) is 59.5 Å². The highest BCUT2D eigenvalue weighted by Gasteiger charge is 2.71. The molecular formula is C34H34N2O4. The van der Waals surface area contributed by atoms with Gasteiger partial charge in [0.1, 0.15) is 11.2 Å². The molecule has 6 rings (SSSR count). The molecule has 0 aliphatic carbocycles. The smallest absolute Gasteiger partial charge is 0.238 e. The van der Waals surface area contributed by atoms with Crippen LogP contribution in [0.1, 0.15) is 67.2 Å². The molecule has 1 amide bonds. The highest BCUT2D eigenvalue weighted by Crippen LogP contribution is 2.62. The van der Waals surface area contributed by atoms with E-state index in [2.05, 4.69) is 5.32 Å². The summed E-state index contributed by atoms with van der Waals surface area (Å²) in [4.78, 5) is 45.5. The highest BCUT2D eigenvalue weighted by atomic mass is 16.5. The first-order valence-corrected chi connectivity index (χ1v) is 14.0. The molecule has 40 heavy (non-hydrogen) atoms. The summed E-state index contributed by atoms with van der Waals surface area (Å²) in [6.45, 7) is 8.25. The Labute approximate surface area is 235 Å². The van der Waals surface area contributed by atoms with Crippen LogP contribution in [0.4, 0.5) is 5.69 Å². The SMILES string of the molecule is CCCOc1ccc(C(=O)C2C(C(=O)C(C)(C)C)N3C=Cc4ccccc4C3C23C(=O)Nc2ccccc23)cc1. The number of rotatable bonds is 6. The zero-order chi connectivity index (χ0) is 28.2. The van der Waals surface area contributed by atoms with Gasteiger partial charge in [0.15, 0.2) is 11.6 Å². The lowest BCUT2D eigenvalue weighted by Gasteiger charge is -2.38. The molecule has 204 valence electrons. The van der Waals surface area contributed by atoms with Crippen molar-refractivity contribution in [2.75, 3.05) is 11.9 Å². The Morgan fingerprint density at radius 3 is 2.40 bits per heavy atom. The fraction of sp³-hybridized carbons (Fsp3) is 0.324. The molecule has 4 unspecified atom stereocenters. The van der Waals surface area contributed by atoms with Gasteiger partial charge in [-0.1, -0.05) is 70.2 Å². The Morgan fingerprint density at radius 2 is 1.68 bits per heavy atom. The third kappa shape index (κ3) is 3.73. The number of amides is 1. The van der Waals surface area contributed by atoms with E-state index in [1.165, 1.54) is 0 Å². The van der Waals surface area contributed by atoms with Crippen LogP contribution in [0, 0.1) is 11.3 Å². The Hall–Kier alpha value is -4.19. The van der Waals surface area contributed by atoms with Gasteiger partial charge in [0.2, 0.25) is 5.91 Å². The summed E-state index contributed by atoms with van der Waals surface area (Å²) in [6.07, 6.45) is 4.77. The Balaban J connectivity index is 1.61. The zero-order valence-corrected chi connectivity index (χ0v) is 23.3. The van der Waals surface area contributed by atoms with Crippen LogP contribution >= 0.6 is 0 Å². The van der Waals surface area contributed by atoms with Crippen LogP contribution in [-0.2, 0) is 15.0 Å². The molecule has 0 aromatic heterocycles. The Kier molecular flexibility index (Phi) is 6.17. The van der Waals surface area contributed by atoms with Crippen molar-refractivity contribution < 1.29 is 19.1 Å². The van der Waals surface area contributed by atoms with Gasteiger partial charge in [-0.2, -0.15) is 0 Å². The number of nitrogens with zero attached hydrogens (tertiary/aromatic N) is 1. The lowest BCUT2D eigenvalue weighted by molar-refractivity contribution is -0.131. The molecule has 0 radical (unpaired) electrons. The van der Waals surface area contributed by atoms with Crippen LogP contribution in [0.15, 0.2) is 79.0 Å². The Bertz CT molecular complexity index is 1530. The van der Waals surface area contributed by atoms with Crippen LogP contribution < -0.4 is 10.1 Å². The molecule has 4 atom stereocenters. The van der Waals surface area contributed by atoms with Gasteiger partial charge < -0.3 is 15.0 Å². The summed E-state index contributed by atoms with van der Waals surface area (Å²) >= 11 is 0. The van der Waals surface area contributed by atoms with Gasteiger partial charge in [-0.3, -0.25) is 14.4 Å². The molecule has 6 nitrogen and oxygen atoms in total. The Morgan fingerprint density at radius 1 is 0.975 bits per heavy atom. The first-order valence-electron chi connectivity index (χ1n) is 14.0. The van der Waals surface area contributed by atoms with Crippen molar-refractivity contribution in [2.45, 2.75) is 51.6 Å². The number of hydrogen-bond donors (Lipinski definition) is 1. The lowest BCUT2D eigenvalue weighted by atomic mass is 9.62. The topological polar surface area (TPSA) is 75.7 Å². The van der Waals surface area contributed by atoms with Gasteiger partial charge in [0.25, 0.3) is 0 Å². The molecular weight excluding hydrogens is 500 g/mol. The first-order chi connectivity index (χ1) is 19.2. The molecule has 3 aromatic rings. The van der Waals surface area contributed by atoms with Crippen molar-refractivity contribution in [3.8, 4) is 5.75 Å². The second kappa shape index (κ2) is 9.47. The van der Waals surface area contributed by atoms with Crippen molar-refractivity contribution in [1.29, 1.82) is 0 Å². The maximum absolute atomic E-state index is 14.8. The minimum absolute atomic E-state index is 0.0724. The second-order valence-corrected chi connectivity index (χ2v) is 11.9. The van der Waals surface area contributed by atoms with Gasteiger partial charge in [-0.25, -0.2) is 0 Å². The van der Waals surface area contributed by atoms with Crippen LogP contribution in [0.3, 0.4) is 0 Å². The van der Waals surface area contributed by atoms with Crippen LogP contribution in [0.5, 0.6) is 5.75 Å². The number of ether oxygens (including phenoxy) is 1. The molecule has 3 heterocycles. The van der Waals surface area contributed by atoms with Gasteiger partial charge >= 0.3 is 0 Å². The summed E-state index contributed by atoms with van der Waals surface area (Å²) in [5.41, 5.74) is 1.76. The van der Waals surface area contributed by atoms with Crippen molar-refractivity contribution in [2.24, 2.45) is 11.3 Å². The number of fused-ring (bicyclic) bond motifs is 6. The van der Waals surface area contributed by atoms with E-state index in [0.29, 0.717) is 23.6 Å². The van der Waals surface area contributed by atoms with E-state index in [4.69, 9.17) is 4.74 Å². The van der Waals surface area contributed by atoms with E-state index in [-0.39, 0.29) is 17.5 Å². The number of hydrogen-bond acceptors (Lipinski definition) is 5. The van der Waals surface area contributed by atoms with Crippen molar-refractivity contribution in [3.05, 3.63) is 101 Å². The maximum atomic E-state index is 14.8. The maximum Gasteiger partial charge on any atom is 0.238 e. The number of carbonyl (C=O) groups is 3. The summed E-state index contributed by atoms with van der Waals surface area (Å²) in [5, 5.41) is 3.09. The van der Waals surface area contributed by atoms with Gasteiger partial charge in [-0.15, -0.1) is 0 Å². The number of carbonyl (C=O) groups excluding carboxylic acids is 3. The standard InChI is InChI=1S/C34H34N2O4/c1-5-20-40-23-16-14-22(15-17-23)29(37)27-28(31(38)33(2,3)4)36-19-18-21-10-6-7-11-24(21)30(36)34(27)25-12-8-9-13-26(25)35-32(34)39/h6-19,27-28,30H,5,20H2,1-4H3,(H,35,39). The predicted molar refractivity (Wildman–Crippen MR) is 155 cm³/mol. The summed E-state index contributed by atoms with van der Waals surface area (Å²) < 4.78 is 5.75. The monoisotopic (exact) mass is 534 g/mol. The molecule has 3 aliphatic rings. The fourth-order valence-electron chi connectivity index (χ4n) is 6.73. The number of ketones is 2. The molecule has 1 fully saturated rings. The fourth-order valence-corrected chi connectivity index (χ4v) is 6.73. The number of Topliss-reactive ketones (excluding diaryl/α,β-unsaturated/α-hetero) is 2. The summed E-state index contributed by atoms with van der Waals surface area (Å²) in [5.74, 6) is -0.820. The van der Waals surface area contributed by atoms with Gasteiger partial charge in [0.05, 0.1) is 24.6 Å². The number of anilines is 1. The number of benzene rings is 3. The lowest BCUT2D eigenvalue weighted by Crippen LogP contribution is -2.50. The highest BCUT2D eigenvalue weighted by molar-refractivity contribution is 6.15. The number of para-hydroxylation sites is 1. The summed E-state index contributed by atoms with van der Waals surface area (Å²) in [6, 6.07) is 21.2. The molecule has 0 saturated carbocycles. The summed E-state index contributed by atoms with van der Waals surface area (Å²) in [7, 11) is 0. The van der Waals surface area contributed by atoms with Crippen LogP contribution in [0.25, 0.3) is 6.08 Å². The molecule has 0 bridgehead atoms. The third-order valence-electron chi connectivity index (χ3n) is 8.47. The van der Waals surface area contributed by atoms with E-state index >= 15 is 0 Å². The molecule has 3 aliphatic heterocycles. The van der Waals surface area contributed by atoms with E-state index < -0.39 is 28.8 Å². The van der Waals surface area contributed by atoms with Gasteiger partial charge in [0, 0.05) is 22.9 Å². The number of nitrogens with one attached hydrogen (secondary N) is 1. The average molecular weight is 535 g/mol. The molecule has 6 heteroatoms. The predicted octanol–water partition coefficient (Wildman–Crippen LogP) is 6.19. The second-order valence-electron chi connectivity index (χ2n) is 11.9. The van der Waals surface area contributed by atoms with E-state index in [1.54, 1.807) is 24.3 Å².